The molecule has 2 atom stereocenters. The molecule has 2 amide bonds. The summed E-state index contributed by atoms with van der Waals surface area (Å²) in [6.45, 7) is 0. The molecule has 0 spiro atoms. The molecule has 5 nitrogen and oxygen atoms in total. The molecule has 1 aromatic carbocycles. The fourth-order valence-corrected chi connectivity index (χ4v) is 3.01. The summed E-state index contributed by atoms with van der Waals surface area (Å²) in [5.74, 6) is 0.285. The van der Waals surface area contributed by atoms with Crippen LogP contribution in [0.4, 0.5) is 5.69 Å². The van der Waals surface area contributed by atoms with Crippen molar-refractivity contribution in [2.24, 2.45) is 16.1 Å². The van der Waals surface area contributed by atoms with Crippen molar-refractivity contribution in [3.8, 4) is 0 Å². The first-order valence-corrected chi connectivity index (χ1v) is 7.13. The third-order valence-corrected chi connectivity index (χ3v) is 3.92. The Balaban J connectivity index is 1.80. The smallest absolute Gasteiger partial charge is 0.264 e. The highest BCUT2D eigenvalue weighted by molar-refractivity contribution is 6.19. The van der Waals surface area contributed by atoms with Crippen molar-refractivity contribution >= 4 is 29.1 Å². The summed E-state index contributed by atoms with van der Waals surface area (Å²) in [5.41, 5.74) is 3.01. The van der Waals surface area contributed by atoms with Crippen LogP contribution >= 0.6 is 11.6 Å². The molecule has 1 aliphatic heterocycles. The Hall–Kier alpha value is -1.75. The average Bonchev–Trinajstić information content (AvgIpc) is 2.75. The highest BCUT2D eigenvalue weighted by Crippen LogP contribution is 2.43. The first-order valence-electron chi connectivity index (χ1n) is 6.59. The lowest BCUT2D eigenvalue weighted by molar-refractivity contribution is -0.120. The number of azo groups is 1. The van der Waals surface area contributed by atoms with Crippen LogP contribution in [-0.2, 0) is 16.0 Å². The number of hydrogen-bond acceptors (Lipinski definition) is 3. The monoisotopic (exact) mass is 291 g/mol. The van der Waals surface area contributed by atoms with Gasteiger partial charge in [-0.25, -0.2) is 0 Å². The number of nitrogens with zero attached hydrogens (tertiary/aromatic N) is 2. The second kappa shape index (κ2) is 5.32. The maximum atomic E-state index is 11.5. The number of halogens is 1. The number of fused-ring (bicyclic) bond motifs is 3. The molecule has 1 aliphatic carbocycles. The van der Waals surface area contributed by atoms with Crippen LogP contribution in [0.2, 0.25) is 0 Å². The number of carbonyl (C=O) groups excluding carboxylic acids is 2. The molecule has 0 fully saturated rings. The summed E-state index contributed by atoms with van der Waals surface area (Å²) >= 11 is 5.54. The van der Waals surface area contributed by atoms with Crippen LogP contribution in [0.3, 0.4) is 0 Å². The van der Waals surface area contributed by atoms with Gasteiger partial charge in [0, 0.05) is 30.3 Å². The minimum atomic E-state index is -0.144. The molecule has 1 heterocycles. The fourth-order valence-electron chi connectivity index (χ4n) is 2.84. The first kappa shape index (κ1) is 13.2. The Morgan fingerprint density at radius 2 is 2.25 bits per heavy atom. The Morgan fingerprint density at radius 3 is 3.05 bits per heavy atom. The van der Waals surface area contributed by atoms with Crippen molar-refractivity contribution in [3.63, 3.8) is 0 Å². The zero-order valence-electron chi connectivity index (χ0n) is 10.8. The van der Waals surface area contributed by atoms with Gasteiger partial charge in [0.15, 0.2) is 0 Å². The minimum Gasteiger partial charge on any atom is -0.326 e. The molecule has 2 aliphatic rings. The van der Waals surface area contributed by atoms with Gasteiger partial charge in [0.05, 0.1) is 0 Å². The van der Waals surface area contributed by atoms with E-state index in [1.165, 1.54) is 0 Å². The van der Waals surface area contributed by atoms with Gasteiger partial charge in [-0.2, -0.15) is 5.11 Å². The number of alkyl halides is 1. The van der Waals surface area contributed by atoms with Crippen LogP contribution < -0.4 is 5.32 Å². The van der Waals surface area contributed by atoms with E-state index in [0.29, 0.717) is 18.7 Å². The van der Waals surface area contributed by atoms with Crippen molar-refractivity contribution in [3.05, 3.63) is 29.3 Å². The number of benzene rings is 1. The topological polar surface area (TPSA) is 70.9 Å². The molecule has 104 valence electrons. The molecule has 6 heteroatoms. The van der Waals surface area contributed by atoms with Gasteiger partial charge in [0.25, 0.3) is 5.91 Å². The molecular formula is C14H14ClN3O2. The highest BCUT2D eigenvalue weighted by atomic mass is 35.5. The SMILES string of the molecule is O=C1CC2Cc3cc(NC(=O)CCCl)ccc3C2N=N1. The molecule has 0 radical (unpaired) electrons. The maximum absolute atomic E-state index is 11.5. The van der Waals surface area contributed by atoms with Gasteiger partial charge in [-0.05, 0) is 29.7 Å². The van der Waals surface area contributed by atoms with Crippen molar-refractivity contribution in [2.45, 2.75) is 25.3 Å². The van der Waals surface area contributed by atoms with Crippen LogP contribution in [-0.4, -0.2) is 17.7 Å². The van der Waals surface area contributed by atoms with E-state index in [4.69, 9.17) is 11.6 Å². The van der Waals surface area contributed by atoms with Gasteiger partial charge in [0.2, 0.25) is 5.91 Å². The number of amides is 2. The van der Waals surface area contributed by atoms with Crippen LogP contribution in [0.5, 0.6) is 0 Å². The number of nitrogens with one attached hydrogen (secondary N) is 1. The van der Waals surface area contributed by atoms with E-state index in [-0.39, 0.29) is 23.8 Å². The first-order chi connectivity index (χ1) is 9.67. The standard InChI is InChI=1S/C14H14ClN3O2/c15-4-3-12(19)16-10-1-2-11-8(6-10)5-9-7-13(20)17-18-14(9)11/h1-2,6,9,14H,3-5,7H2,(H,16,19). The molecule has 0 aromatic heterocycles. The molecule has 20 heavy (non-hydrogen) atoms. The van der Waals surface area contributed by atoms with Crippen molar-refractivity contribution in [2.75, 3.05) is 11.2 Å². The summed E-state index contributed by atoms with van der Waals surface area (Å²) in [6, 6.07) is 5.78. The number of hydrogen-bond donors (Lipinski definition) is 1. The second-order valence-corrected chi connectivity index (χ2v) is 5.50. The summed E-state index contributed by atoms with van der Waals surface area (Å²) in [6.07, 6.45) is 1.56. The molecular weight excluding hydrogens is 278 g/mol. The van der Waals surface area contributed by atoms with E-state index >= 15 is 0 Å². The lowest BCUT2D eigenvalue weighted by Crippen LogP contribution is -2.14. The molecule has 3 rings (SSSR count). The quantitative estimate of drug-likeness (QED) is 0.870. The van der Waals surface area contributed by atoms with Crippen molar-refractivity contribution < 1.29 is 9.59 Å². The maximum Gasteiger partial charge on any atom is 0.264 e. The normalized spacial score (nSPS) is 23.4. The second-order valence-electron chi connectivity index (χ2n) is 5.12. The predicted molar refractivity (Wildman–Crippen MR) is 74.8 cm³/mol. The largest absolute Gasteiger partial charge is 0.326 e. The van der Waals surface area contributed by atoms with Gasteiger partial charge >= 0.3 is 0 Å². The van der Waals surface area contributed by atoms with E-state index in [1.54, 1.807) is 0 Å². The third kappa shape index (κ3) is 2.45. The number of anilines is 1. The summed E-state index contributed by atoms with van der Waals surface area (Å²) in [7, 11) is 0. The van der Waals surface area contributed by atoms with Crippen LogP contribution in [0.25, 0.3) is 0 Å². The number of rotatable bonds is 3. The molecule has 1 aromatic rings. The van der Waals surface area contributed by atoms with Crippen molar-refractivity contribution in [1.82, 2.24) is 0 Å². The van der Waals surface area contributed by atoms with E-state index in [1.807, 2.05) is 18.2 Å². The Bertz CT molecular complexity index is 600. The molecule has 0 bridgehead atoms. The zero-order valence-corrected chi connectivity index (χ0v) is 11.6. The molecule has 0 saturated carbocycles. The third-order valence-electron chi connectivity index (χ3n) is 3.73. The minimum absolute atomic E-state index is 0.00436. The fraction of sp³-hybridized carbons (Fsp3) is 0.429. The lowest BCUT2D eigenvalue weighted by Gasteiger charge is -2.17. The van der Waals surface area contributed by atoms with E-state index in [0.717, 1.165) is 23.2 Å². The molecule has 1 N–H and O–H groups in total. The van der Waals surface area contributed by atoms with Gasteiger partial charge in [-0.1, -0.05) is 6.07 Å². The van der Waals surface area contributed by atoms with Gasteiger partial charge in [-0.15, -0.1) is 16.7 Å². The van der Waals surface area contributed by atoms with Gasteiger partial charge < -0.3 is 5.32 Å². The van der Waals surface area contributed by atoms with Crippen LogP contribution in [0.15, 0.2) is 28.4 Å². The lowest BCUT2D eigenvalue weighted by atomic mass is 9.96. The van der Waals surface area contributed by atoms with Crippen LogP contribution in [0, 0.1) is 5.92 Å². The van der Waals surface area contributed by atoms with E-state index in [9.17, 15) is 9.59 Å². The van der Waals surface area contributed by atoms with Gasteiger partial charge in [-0.3, -0.25) is 9.59 Å². The Labute approximate surface area is 121 Å². The number of carbonyl (C=O) groups is 2. The summed E-state index contributed by atoms with van der Waals surface area (Å²) < 4.78 is 0. The predicted octanol–water partition coefficient (Wildman–Crippen LogP) is 2.85. The van der Waals surface area contributed by atoms with Crippen molar-refractivity contribution in [1.29, 1.82) is 0 Å². The molecule has 2 unspecified atom stereocenters. The summed E-state index contributed by atoms with van der Waals surface area (Å²) in [5, 5.41) is 10.6. The Kier molecular flexibility index (Phi) is 3.53. The summed E-state index contributed by atoms with van der Waals surface area (Å²) in [4.78, 5) is 22.8. The average molecular weight is 292 g/mol. The Morgan fingerprint density at radius 1 is 1.40 bits per heavy atom. The highest BCUT2D eigenvalue weighted by Gasteiger charge is 2.36. The van der Waals surface area contributed by atoms with E-state index < -0.39 is 0 Å². The van der Waals surface area contributed by atoms with E-state index in [2.05, 4.69) is 15.5 Å². The zero-order chi connectivity index (χ0) is 14.1. The molecule has 0 saturated heterocycles. The van der Waals surface area contributed by atoms with Crippen LogP contribution in [0.1, 0.15) is 30.0 Å². The van der Waals surface area contributed by atoms with Gasteiger partial charge in [0.1, 0.15) is 6.04 Å².